The van der Waals surface area contributed by atoms with Gasteiger partial charge in [0, 0.05) is 49.3 Å². The van der Waals surface area contributed by atoms with Crippen molar-refractivity contribution < 1.29 is 30.0 Å². The van der Waals surface area contributed by atoms with Crippen LogP contribution in [0.1, 0.15) is 79.7 Å². The van der Waals surface area contributed by atoms with E-state index >= 15 is 0 Å². The van der Waals surface area contributed by atoms with Crippen molar-refractivity contribution in [2.24, 2.45) is 11.8 Å². The monoisotopic (exact) mass is 842 g/mol. The number of aliphatic hydroxyl groups is 1. The van der Waals surface area contributed by atoms with Crippen LogP contribution in [-0.4, -0.2) is 20.9 Å². The van der Waals surface area contributed by atoms with Gasteiger partial charge in [0.1, 0.15) is 6.33 Å². The Morgan fingerprint density at radius 2 is 1.32 bits per heavy atom. The average molecular weight is 842 g/mol. The van der Waals surface area contributed by atoms with E-state index in [9.17, 15) is 9.90 Å². The second-order valence-electron chi connectivity index (χ2n) is 13.9. The molecular formula is C45H49IrN2O2-. The van der Waals surface area contributed by atoms with Crippen molar-refractivity contribution in [1.82, 2.24) is 9.97 Å². The van der Waals surface area contributed by atoms with Crippen LogP contribution in [0.25, 0.3) is 54.8 Å². The van der Waals surface area contributed by atoms with Crippen LogP contribution in [0.4, 0.5) is 0 Å². The van der Waals surface area contributed by atoms with E-state index in [1.807, 2.05) is 27.7 Å². The standard InChI is InChI=1S/C32H25N2.C13H24O2.Ir/c1-32(2,3)29-18-25(17-22-9-5-7-11-28(22)29)31-19-30(33-20-34-31)24-14-15-27-23(16-24)13-12-21-8-4-6-10-26(21)27;1-5-10(6-2)12(14)9-13(15)11(7-3)8-4;/h4-16,18-20H,1-3H3;9-11,14H,5-8H2,1-4H3;/q-1;;/b;12-9-;. The molecule has 5 aromatic carbocycles. The molecule has 0 aliphatic rings. The van der Waals surface area contributed by atoms with Crippen molar-refractivity contribution in [3.8, 4) is 22.5 Å². The zero-order valence-electron chi connectivity index (χ0n) is 30.4. The Balaban J connectivity index is 0.000000301. The molecule has 261 valence electrons. The summed E-state index contributed by atoms with van der Waals surface area (Å²) in [6.45, 7) is 14.8. The van der Waals surface area contributed by atoms with Crippen LogP contribution >= 0.6 is 0 Å². The van der Waals surface area contributed by atoms with Crippen molar-refractivity contribution in [3.63, 3.8) is 0 Å². The molecule has 0 aliphatic heterocycles. The fourth-order valence-corrected chi connectivity index (χ4v) is 6.60. The molecule has 6 rings (SSSR count). The minimum atomic E-state index is 0. The van der Waals surface area contributed by atoms with Gasteiger partial charge < -0.3 is 5.11 Å². The van der Waals surface area contributed by atoms with Gasteiger partial charge in [-0.3, -0.25) is 9.78 Å². The number of fused-ring (bicyclic) bond motifs is 4. The zero-order chi connectivity index (χ0) is 35.1. The molecule has 0 atom stereocenters. The minimum absolute atomic E-state index is 0. The van der Waals surface area contributed by atoms with Gasteiger partial charge in [0.25, 0.3) is 0 Å². The third-order valence-electron chi connectivity index (χ3n) is 9.65. The maximum absolute atomic E-state index is 11.7. The number of allylic oxidation sites excluding steroid dienone is 2. The van der Waals surface area contributed by atoms with Crippen LogP contribution < -0.4 is 0 Å². The van der Waals surface area contributed by atoms with Gasteiger partial charge in [-0.15, -0.1) is 29.1 Å². The first-order valence-corrected chi connectivity index (χ1v) is 17.7. The minimum Gasteiger partial charge on any atom is -0.512 e. The Hall–Kier alpha value is -4.18. The molecule has 1 heterocycles. The number of hydrogen-bond donors (Lipinski definition) is 1. The van der Waals surface area contributed by atoms with E-state index in [1.165, 1.54) is 38.6 Å². The number of aliphatic hydroxyl groups excluding tert-OH is 1. The first-order valence-electron chi connectivity index (χ1n) is 17.7. The smallest absolute Gasteiger partial charge is 0.162 e. The molecule has 0 bridgehead atoms. The molecule has 5 heteroatoms. The molecule has 1 aromatic heterocycles. The maximum Gasteiger partial charge on any atom is 0.162 e. The summed E-state index contributed by atoms with van der Waals surface area (Å²) in [6, 6.07) is 35.9. The van der Waals surface area contributed by atoms with Gasteiger partial charge in [-0.05, 0) is 64.8 Å². The summed E-state index contributed by atoms with van der Waals surface area (Å²) in [5.74, 6) is 0.547. The number of nitrogens with zero attached hydrogens (tertiary/aromatic N) is 2. The normalized spacial score (nSPS) is 11.9. The predicted molar refractivity (Wildman–Crippen MR) is 207 cm³/mol. The fraction of sp³-hybridized carbons (Fsp3) is 0.311. The van der Waals surface area contributed by atoms with E-state index in [0.717, 1.165) is 53.6 Å². The van der Waals surface area contributed by atoms with Crippen LogP contribution in [0.2, 0.25) is 0 Å². The van der Waals surface area contributed by atoms with E-state index in [1.54, 1.807) is 6.33 Å². The van der Waals surface area contributed by atoms with Crippen molar-refractivity contribution in [3.05, 3.63) is 121 Å². The molecule has 0 saturated heterocycles. The Morgan fingerprint density at radius 1 is 0.720 bits per heavy atom. The van der Waals surface area contributed by atoms with Crippen molar-refractivity contribution in [2.45, 2.75) is 79.6 Å². The van der Waals surface area contributed by atoms with Crippen molar-refractivity contribution >= 4 is 38.1 Å². The van der Waals surface area contributed by atoms with Crippen LogP contribution in [0.15, 0.2) is 109 Å². The number of aromatic nitrogens is 2. The summed E-state index contributed by atoms with van der Waals surface area (Å²) in [4.78, 5) is 21.0. The third-order valence-corrected chi connectivity index (χ3v) is 9.65. The second-order valence-corrected chi connectivity index (χ2v) is 13.9. The van der Waals surface area contributed by atoms with Crippen LogP contribution in [0, 0.1) is 17.9 Å². The molecule has 50 heavy (non-hydrogen) atoms. The van der Waals surface area contributed by atoms with Crippen LogP contribution in [0.3, 0.4) is 0 Å². The second kappa shape index (κ2) is 17.2. The molecule has 0 amide bonds. The Morgan fingerprint density at radius 3 is 2.00 bits per heavy atom. The van der Waals surface area contributed by atoms with E-state index in [2.05, 4.69) is 128 Å². The molecule has 1 radical (unpaired) electrons. The largest absolute Gasteiger partial charge is 0.512 e. The zero-order valence-corrected chi connectivity index (χ0v) is 32.8. The van der Waals surface area contributed by atoms with Gasteiger partial charge in [-0.2, -0.15) is 0 Å². The van der Waals surface area contributed by atoms with Gasteiger partial charge in [-0.1, -0.05) is 126 Å². The summed E-state index contributed by atoms with van der Waals surface area (Å²) in [6.07, 6.45) is 6.57. The van der Waals surface area contributed by atoms with Gasteiger partial charge >= 0.3 is 0 Å². The maximum atomic E-state index is 11.7. The van der Waals surface area contributed by atoms with E-state index < -0.39 is 0 Å². The number of rotatable bonds is 9. The van der Waals surface area contributed by atoms with Gasteiger partial charge in [-0.25, -0.2) is 4.98 Å². The van der Waals surface area contributed by atoms with Crippen LogP contribution in [0.5, 0.6) is 0 Å². The molecule has 4 nitrogen and oxygen atoms in total. The number of hydrogen-bond acceptors (Lipinski definition) is 4. The number of carbonyl (C=O) groups excluding carboxylic acids is 1. The topological polar surface area (TPSA) is 63.1 Å². The molecule has 0 spiro atoms. The van der Waals surface area contributed by atoms with Gasteiger partial charge in [0.05, 0.1) is 11.5 Å². The van der Waals surface area contributed by atoms with E-state index in [4.69, 9.17) is 0 Å². The molecule has 0 aliphatic carbocycles. The summed E-state index contributed by atoms with van der Waals surface area (Å²) in [7, 11) is 0. The molecule has 6 aromatic rings. The molecule has 0 fully saturated rings. The predicted octanol–water partition coefficient (Wildman–Crippen LogP) is 12.2. The fourth-order valence-electron chi connectivity index (χ4n) is 6.60. The van der Waals surface area contributed by atoms with Crippen molar-refractivity contribution in [1.29, 1.82) is 0 Å². The first kappa shape index (κ1) is 38.6. The Kier molecular flexibility index (Phi) is 13.3. The number of ketones is 1. The third kappa shape index (κ3) is 8.75. The quantitative estimate of drug-likeness (QED) is 0.0682. The molecule has 1 N–H and O–H groups in total. The molecule has 0 saturated carbocycles. The summed E-state index contributed by atoms with van der Waals surface area (Å²) < 4.78 is 0. The van der Waals surface area contributed by atoms with E-state index in [0.29, 0.717) is 0 Å². The van der Waals surface area contributed by atoms with E-state index in [-0.39, 0.29) is 48.9 Å². The molecule has 0 unspecified atom stereocenters. The Labute approximate surface area is 311 Å². The molecular weight excluding hydrogens is 793 g/mol. The Bertz CT molecular complexity index is 2100. The van der Waals surface area contributed by atoms with Gasteiger partial charge in [0.15, 0.2) is 5.78 Å². The SMILES string of the molecule is CC(C)(C)c1cc(-c2cc(-c3ccc4c(ccc5ccccc54)c3)ncn2)[c-]c2ccccc12.CCC(CC)C(=O)/C=C(\O)C(CC)CC.[Ir]. The summed E-state index contributed by atoms with van der Waals surface area (Å²) in [5.41, 5.74) is 5.20. The average Bonchev–Trinajstić information content (AvgIpc) is 3.11. The van der Waals surface area contributed by atoms with Gasteiger partial charge in [0.2, 0.25) is 0 Å². The summed E-state index contributed by atoms with van der Waals surface area (Å²) >= 11 is 0. The first-order chi connectivity index (χ1) is 23.6. The van der Waals surface area contributed by atoms with Crippen LogP contribution in [-0.2, 0) is 30.3 Å². The number of benzene rings is 5. The van der Waals surface area contributed by atoms with Crippen molar-refractivity contribution in [2.75, 3.05) is 0 Å². The number of carbonyl (C=O) groups is 1. The summed E-state index contributed by atoms with van der Waals surface area (Å²) in [5, 5.41) is 17.1.